The van der Waals surface area contributed by atoms with E-state index in [1.807, 2.05) is 0 Å². The zero-order valence-electron chi connectivity index (χ0n) is 11.5. The van der Waals surface area contributed by atoms with Gasteiger partial charge >= 0.3 is 0 Å². The van der Waals surface area contributed by atoms with E-state index in [-0.39, 0.29) is 6.04 Å². The molecule has 0 spiro atoms. The van der Waals surface area contributed by atoms with Crippen molar-refractivity contribution in [2.45, 2.75) is 31.7 Å². The lowest BCUT2D eigenvalue weighted by molar-refractivity contribution is 0.281. The summed E-state index contributed by atoms with van der Waals surface area (Å²) in [5, 5.41) is 0. The van der Waals surface area contributed by atoms with Crippen LogP contribution in [0.4, 0.5) is 0 Å². The number of ether oxygens (including phenoxy) is 1. The predicted octanol–water partition coefficient (Wildman–Crippen LogP) is 2.35. The minimum Gasteiger partial charge on any atom is -0.494 e. The first-order valence-corrected chi connectivity index (χ1v) is 6.83. The fourth-order valence-electron chi connectivity index (χ4n) is 2.47. The Balaban J connectivity index is 1.92. The summed E-state index contributed by atoms with van der Waals surface area (Å²) >= 11 is 0. The van der Waals surface area contributed by atoms with Crippen molar-refractivity contribution in [2.24, 2.45) is 5.73 Å². The Morgan fingerprint density at radius 1 is 1.39 bits per heavy atom. The van der Waals surface area contributed by atoms with Crippen LogP contribution in [0.25, 0.3) is 0 Å². The maximum absolute atomic E-state index is 6.15. The molecule has 0 radical (unpaired) electrons. The highest BCUT2D eigenvalue weighted by atomic mass is 16.5. The maximum atomic E-state index is 6.15. The second kappa shape index (κ2) is 6.21. The van der Waals surface area contributed by atoms with Gasteiger partial charge in [-0.05, 0) is 63.0 Å². The van der Waals surface area contributed by atoms with Crippen LogP contribution in [0.1, 0.15) is 36.4 Å². The van der Waals surface area contributed by atoms with Gasteiger partial charge in [0.1, 0.15) is 5.75 Å². The van der Waals surface area contributed by atoms with Crippen molar-refractivity contribution in [3.05, 3.63) is 29.3 Å². The molecule has 18 heavy (non-hydrogen) atoms. The molecule has 3 nitrogen and oxygen atoms in total. The quantitative estimate of drug-likeness (QED) is 0.813. The average molecular weight is 248 g/mol. The molecule has 0 aliphatic heterocycles. The molecule has 3 heteroatoms. The minimum absolute atomic E-state index is 0.194. The summed E-state index contributed by atoms with van der Waals surface area (Å²) in [6.07, 6.45) is 4.51. The first-order chi connectivity index (χ1) is 8.66. The summed E-state index contributed by atoms with van der Waals surface area (Å²) in [5.41, 5.74) is 8.83. The first-order valence-electron chi connectivity index (χ1n) is 6.83. The third kappa shape index (κ3) is 3.47. The van der Waals surface area contributed by atoms with Crippen molar-refractivity contribution < 1.29 is 4.74 Å². The van der Waals surface area contributed by atoms with Crippen molar-refractivity contribution in [2.75, 3.05) is 27.2 Å². The Kier molecular flexibility index (Phi) is 4.61. The summed E-state index contributed by atoms with van der Waals surface area (Å²) in [5.74, 6) is 0.963. The van der Waals surface area contributed by atoms with Crippen LogP contribution in [0.3, 0.4) is 0 Å². The van der Waals surface area contributed by atoms with Crippen molar-refractivity contribution in [3.8, 4) is 5.75 Å². The van der Waals surface area contributed by atoms with Crippen LogP contribution in [-0.4, -0.2) is 32.1 Å². The fourth-order valence-corrected chi connectivity index (χ4v) is 2.47. The Morgan fingerprint density at radius 2 is 2.22 bits per heavy atom. The number of hydrogen-bond acceptors (Lipinski definition) is 3. The topological polar surface area (TPSA) is 38.5 Å². The third-order valence-electron chi connectivity index (χ3n) is 3.50. The van der Waals surface area contributed by atoms with Crippen LogP contribution < -0.4 is 10.5 Å². The number of fused-ring (bicyclic) bond motifs is 1. The van der Waals surface area contributed by atoms with E-state index in [4.69, 9.17) is 10.5 Å². The highest BCUT2D eigenvalue weighted by Crippen LogP contribution is 2.30. The number of aryl methyl sites for hydroxylation is 1. The molecule has 2 N–H and O–H groups in total. The maximum Gasteiger partial charge on any atom is 0.119 e. The standard InChI is InChI=1S/C15H24N2O/c1-17(2)9-4-10-18-13-8-7-12-5-3-6-15(16)14(12)11-13/h7-8,11,15H,3-6,9-10,16H2,1-2H3/t15-/m1/s1. The molecule has 0 saturated carbocycles. The Hall–Kier alpha value is -1.06. The summed E-state index contributed by atoms with van der Waals surface area (Å²) < 4.78 is 5.79. The smallest absolute Gasteiger partial charge is 0.119 e. The van der Waals surface area contributed by atoms with Crippen molar-refractivity contribution in [3.63, 3.8) is 0 Å². The van der Waals surface area contributed by atoms with E-state index in [0.717, 1.165) is 38.2 Å². The lowest BCUT2D eigenvalue weighted by Gasteiger charge is -2.22. The molecule has 0 amide bonds. The lowest BCUT2D eigenvalue weighted by atomic mass is 9.88. The minimum atomic E-state index is 0.194. The number of benzene rings is 1. The van der Waals surface area contributed by atoms with Gasteiger partial charge in [0.25, 0.3) is 0 Å². The molecule has 1 aliphatic carbocycles. The van der Waals surface area contributed by atoms with Gasteiger partial charge < -0.3 is 15.4 Å². The van der Waals surface area contributed by atoms with Crippen molar-refractivity contribution in [1.82, 2.24) is 4.90 Å². The molecule has 0 bridgehead atoms. The summed E-state index contributed by atoms with van der Waals surface area (Å²) in [4.78, 5) is 2.17. The van der Waals surface area contributed by atoms with Gasteiger partial charge in [-0.3, -0.25) is 0 Å². The number of hydrogen-bond donors (Lipinski definition) is 1. The lowest BCUT2D eigenvalue weighted by Crippen LogP contribution is -2.18. The van der Waals surface area contributed by atoms with Crippen molar-refractivity contribution >= 4 is 0 Å². The zero-order valence-corrected chi connectivity index (χ0v) is 11.5. The van der Waals surface area contributed by atoms with Gasteiger partial charge in [0.15, 0.2) is 0 Å². The fraction of sp³-hybridized carbons (Fsp3) is 0.600. The second-order valence-electron chi connectivity index (χ2n) is 5.36. The monoisotopic (exact) mass is 248 g/mol. The van der Waals surface area contributed by atoms with Crippen LogP contribution >= 0.6 is 0 Å². The molecule has 1 aromatic carbocycles. The second-order valence-corrected chi connectivity index (χ2v) is 5.36. The molecule has 0 unspecified atom stereocenters. The highest BCUT2D eigenvalue weighted by molar-refractivity contribution is 5.39. The van der Waals surface area contributed by atoms with Gasteiger partial charge in [-0.15, -0.1) is 0 Å². The van der Waals surface area contributed by atoms with Gasteiger partial charge in [0.05, 0.1) is 6.61 Å². The molecule has 1 aliphatic rings. The van der Waals surface area contributed by atoms with E-state index in [2.05, 4.69) is 37.2 Å². The molecular weight excluding hydrogens is 224 g/mol. The number of nitrogens with zero attached hydrogens (tertiary/aromatic N) is 1. The van der Waals surface area contributed by atoms with E-state index < -0.39 is 0 Å². The summed E-state index contributed by atoms with van der Waals surface area (Å²) in [7, 11) is 4.16. The highest BCUT2D eigenvalue weighted by Gasteiger charge is 2.17. The van der Waals surface area contributed by atoms with Crippen LogP contribution in [0.5, 0.6) is 5.75 Å². The molecule has 0 aromatic heterocycles. The Labute approximate surface area is 110 Å². The molecule has 1 atom stereocenters. The molecule has 2 rings (SSSR count). The Morgan fingerprint density at radius 3 is 3.00 bits per heavy atom. The van der Waals surface area contributed by atoms with E-state index in [1.54, 1.807) is 0 Å². The van der Waals surface area contributed by atoms with E-state index >= 15 is 0 Å². The first kappa shape index (κ1) is 13.4. The normalized spacial score (nSPS) is 18.8. The van der Waals surface area contributed by atoms with Gasteiger partial charge in [-0.25, -0.2) is 0 Å². The SMILES string of the molecule is CN(C)CCCOc1ccc2c(c1)[C@H](N)CCC2. The van der Waals surface area contributed by atoms with E-state index in [9.17, 15) is 0 Å². The van der Waals surface area contributed by atoms with Crippen LogP contribution in [-0.2, 0) is 6.42 Å². The third-order valence-corrected chi connectivity index (χ3v) is 3.50. The van der Waals surface area contributed by atoms with Gasteiger partial charge in [0.2, 0.25) is 0 Å². The number of nitrogens with two attached hydrogens (primary N) is 1. The molecule has 0 fully saturated rings. The largest absolute Gasteiger partial charge is 0.494 e. The molecular formula is C15H24N2O. The van der Waals surface area contributed by atoms with E-state index in [1.165, 1.54) is 17.5 Å². The average Bonchev–Trinajstić information content (AvgIpc) is 2.35. The number of rotatable bonds is 5. The van der Waals surface area contributed by atoms with Crippen LogP contribution in [0.2, 0.25) is 0 Å². The molecule has 0 heterocycles. The Bertz CT molecular complexity index is 390. The van der Waals surface area contributed by atoms with Crippen LogP contribution in [0, 0.1) is 0 Å². The zero-order chi connectivity index (χ0) is 13.0. The predicted molar refractivity (Wildman–Crippen MR) is 75.0 cm³/mol. The van der Waals surface area contributed by atoms with E-state index in [0.29, 0.717) is 0 Å². The van der Waals surface area contributed by atoms with Crippen molar-refractivity contribution in [1.29, 1.82) is 0 Å². The molecule has 0 saturated heterocycles. The van der Waals surface area contributed by atoms with Gasteiger partial charge in [-0.1, -0.05) is 6.07 Å². The van der Waals surface area contributed by atoms with Crippen LogP contribution in [0.15, 0.2) is 18.2 Å². The molecule has 100 valence electrons. The van der Waals surface area contributed by atoms with Gasteiger partial charge in [0, 0.05) is 12.6 Å². The molecule has 1 aromatic rings. The van der Waals surface area contributed by atoms with Gasteiger partial charge in [-0.2, -0.15) is 0 Å². The summed E-state index contributed by atoms with van der Waals surface area (Å²) in [6, 6.07) is 6.58. The summed E-state index contributed by atoms with van der Waals surface area (Å²) in [6.45, 7) is 1.83.